The van der Waals surface area contributed by atoms with Crippen LogP contribution in [0.5, 0.6) is 11.5 Å². The van der Waals surface area contributed by atoms with Gasteiger partial charge in [0.05, 0.1) is 18.6 Å². The third kappa shape index (κ3) is 7.56. The van der Waals surface area contributed by atoms with Crippen LogP contribution in [0.3, 0.4) is 0 Å². The molecule has 8 heteroatoms. The average molecular weight is 449 g/mol. The lowest BCUT2D eigenvalue weighted by Gasteiger charge is -2.13. The fraction of sp³-hybridized carbons (Fsp3) is 0.435. The molecule has 31 heavy (non-hydrogen) atoms. The van der Waals surface area contributed by atoms with Crippen molar-refractivity contribution >= 4 is 15.9 Å². The normalized spacial score (nSPS) is 11.2. The van der Waals surface area contributed by atoms with Crippen LogP contribution in [-0.2, 0) is 21.4 Å². The largest absolute Gasteiger partial charge is 0.493 e. The van der Waals surface area contributed by atoms with E-state index in [9.17, 15) is 13.2 Å². The zero-order valence-corrected chi connectivity index (χ0v) is 19.5. The van der Waals surface area contributed by atoms with Gasteiger partial charge in [0, 0.05) is 19.5 Å². The summed E-state index contributed by atoms with van der Waals surface area (Å²) in [5.41, 5.74) is 2.39. The van der Waals surface area contributed by atoms with E-state index in [0.29, 0.717) is 30.2 Å². The molecule has 0 heterocycles. The quantitative estimate of drug-likeness (QED) is 0.485. The summed E-state index contributed by atoms with van der Waals surface area (Å²) in [4.78, 5) is 12.4. The zero-order valence-electron chi connectivity index (χ0n) is 18.7. The zero-order chi connectivity index (χ0) is 22.9. The van der Waals surface area contributed by atoms with Crippen molar-refractivity contribution in [3.63, 3.8) is 0 Å². The maximum Gasteiger partial charge on any atom is 0.240 e. The van der Waals surface area contributed by atoms with E-state index in [0.717, 1.165) is 24.0 Å². The molecule has 1 amide bonds. The minimum Gasteiger partial charge on any atom is -0.493 e. The van der Waals surface area contributed by atoms with Crippen molar-refractivity contribution in [2.45, 2.75) is 51.5 Å². The molecule has 2 rings (SSSR count). The van der Waals surface area contributed by atoms with Crippen molar-refractivity contribution in [2.75, 3.05) is 20.3 Å². The van der Waals surface area contributed by atoms with Crippen molar-refractivity contribution in [3.05, 3.63) is 53.1 Å². The molecule has 0 spiro atoms. The van der Waals surface area contributed by atoms with E-state index in [2.05, 4.69) is 17.0 Å². The third-order valence-electron chi connectivity index (χ3n) is 4.75. The summed E-state index contributed by atoms with van der Waals surface area (Å²) >= 11 is 0. The van der Waals surface area contributed by atoms with E-state index >= 15 is 0 Å². The number of sulfonamides is 1. The van der Waals surface area contributed by atoms with Gasteiger partial charge in [-0.25, -0.2) is 13.1 Å². The average Bonchev–Trinajstić information content (AvgIpc) is 2.74. The molecule has 0 aromatic heterocycles. The van der Waals surface area contributed by atoms with Crippen molar-refractivity contribution < 1.29 is 22.7 Å². The highest BCUT2D eigenvalue weighted by Crippen LogP contribution is 2.28. The number of hydrogen-bond donors (Lipinski definition) is 2. The molecule has 0 aliphatic carbocycles. The number of rotatable bonds is 12. The Labute approximate surface area is 185 Å². The maximum atomic E-state index is 12.5. The molecule has 2 aromatic carbocycles. The van der Waals surface area contributed by atoms with E-state index < -0.39 is 10.0 Å². The summed E-state index contributed by atoms with van der Waals surface area (Å²) in [6, 6.07) is 10.8. The highest BCUT2D eigenvalue weighted by Gasteiger charge is 2.17. The van der Waals surface area contributed by atoms with Gasteiger partial charge in [-0.2, -0.15) is 0 Å². The number of carbonyl (C=O) groups excluding carboxylic acids is 1. The predicted molar refractivity (Wildman–Crippen MR) is 121 cm³/mol. The Hall–Kier alpha value is -2.58. The molecule has 2 N–H and O–H groups in total. The van der Waals surface area contributed by atoms with E-state index in [1.54, 1.807) is 26.2 Å². The second-order valence-electron chi connectivity index (χ2n) is 7.38. The lowest BCUT2D eigenvalue weighted by molar-refractivity contribution is -0.121. The Bertz CT molecular complexity index is 989. The van der Waals surface area contributed by atoms with Gasteiger partial charge in [-0.3, -0.25) is 4.79 Å². The molecule has 0 saturated carbocycles. The van der Waals surface area contributed by atoms with Crippen LogP contribution in [0.4, 0.5) is 0 Å². The Kier molecular flexibility index (Phi) is 9.33. The van der Waals surface area contributed by atoms with Crippen LogP contribution >= 0.6 is 0 Å². The Balaban J connectivity index is 1.84. The van der Waals surface area contributed by atoms with Crippen LogP contribution < -0.4 is 19.5 Å². The molecule has 2 aromatic rings. The summed E-state index contributed by atoms with van der Waals surface area (Å²) in [7, 11) is -2.08. The molecule has 0 atom stereocenters. The van der Waals surface area contributed by atoms with Gasteiger partial charge in [0.1, 0.15) is 0 Å². The number of benzene rings is 2. The van der Waals surface area contributed by atoms with Gasteiger partial charge in [0.25, 0.3) is 0 Å². The number of ether oxygens (including phenoxy) is 2. The fourth-order valence-corrected chi connectivity index (χ4v) is 4.29. The van der Waals surface area contributed by atoms with Gasteiger partial charge < -0.3 is 14.8 Å². The molecule has 0 aliphatic rings. The first-order chi connectivity index (χ1) is 14.8. The molecular weight excluding hydrogens is 416 g/mol. The number of nitrogens with one attached hydrogen (secondary N) is 2. The van der Waals surface area contributed by atoms with Crippen molar-refractivity contribution in [1.29, 1.82) is 0 Å². The van der Waals surface area contributed by atoms with Gasteiger partial charge in [-0.1, -0.05) is 31.5 Å². The molecular formula is C23H32N2O5S. The highest BCUT2D eigenvalue weighted by atomic mass is 32.2. The van der Waals surface area contributed by atoms with Crippen molar-refractivity contribution in [2.24, 2.45) is 0 Å². The first kappa shape index (κ1) is 24.7. The minimum atomic E-state index is -3.66. The summed E-state index contributed by atoms with van der Waals surface area (Å²) in [5, 5.41) is 2.80. The first-order valence-electron chi connectivity index (χ1n) is 10.4. The number of methoxy groups -OCH3 is 1. The lowest BCUT2D eigenvalue weighted by Crippen LogP contribution is -2.31. The van der Waals surface area contributed by atoms with Gasteiger partial charge in [-0.15, -0.1) is 0 Å². The number of aryl methyl sites for hydroxylation is 2. The molecule has 0 saturated heterocycles. The van der Waals surface area contributed by atoms with Crippen LogP contribution in [0.1, 0.15) is 42.9 Å². The third-order valence-corrected chi connectivity index (χ3v) is 6.35. The molecule has 0 aliphatic heterocycles. The highest BCUT2D eigenvalue weighted by molar-refractivity contribution is 7.89. The molecule has 170 valence electrons. The summed E-state index contributed by atoms with van der Waals surface area (Å²) < 4.78 is 38.6. The van der Waals surface area contributed by atoms with Crippen LogP contribution in [0.25, 0.3) is 0 Å². The van der Waals surface area contributed by atoms with Crippen molar-refractivity contribution in [1.82, 2.24) is 10.0 Å². The Morgan fingerprint density at radius 3 is 2.55 bits per heavy atom. The predicted octanol–water partition coefficient (Wildman–Crippen LogP) is 3.48. The summed E-state index contributed by atoms with van der Waals surface area (Å²) in [6.07, 6.45) is 2.06. The molecule has 0 unspecified atom stereocenters. The minimum absolute atomic E-state index is 0.0229. The summed E-state index contributed by atoms with van der Waals surface area (Å²) in [5.74, 6) is 1.04. The molecule has 0 fully saturated rings. The number of amides is 1. The lowest BCUT2D eigenvalue weighted by atomic mass is 10.2. The van der Waals surface area contributed by atoms with E-state index in [4.69, 9.17) is 9.47 Å². The monoisotopic (exact) mass is 448 g/mol. The van der Waals surface area contributed by atoms with Gasteiger partial charge in [0.15, 0.2) is 11.5 Å². The van der Waals surface area contributed by atoms with E-state index in [1.807, 2.05) is 31.2 Å². The first-order valence-corrected chi connectivity index (χ1v) is 11.9. The van der Waals surface area contributed by atoms with Gasteiger partial charge in [0.2, 0.25) is 15.9 Å². The Morgan fingerprint density at radius 1 is 1.06 bits per heavy atom. The second-order valence-corrected chi connectivity index (χ2v) is 9.12. The van der Waals surface area contributed by atoms with E-state index in [-0.39, 0.29) is 23.8 Å². The second kappa shape index (κ2) is 11.7. The van der Waals surface area contributed by atoms with E-state index in [1.165, 1.54) is 0 Å². The van der Waals surface area contributed by atoms with Crippen LogP contribution in [0.15, 0.2) is 41.3 Å². The maximum absolute atomic E-state index is 12.5. The van der Waals surface area contributed by atoms with Crippen LogP contribution in [0, 0.1) is 13.8 Å². The van der Waals surface area contributed by atoms with Gasteiger partial charge >= 0.3 is 0 Å². The fourth-order valence-electron chi connectivity index (χ4n) is 2.93. The molecule has 0 radical (unpaired) electrons. The smallest absolute Gasteiger partial charge is 0.240 e. The van der Waals surface area contributed by atoms with Gasteiger partial charge in [-0.05, 0) is 55.2 Å². The Morgan fingerprint density at radius 2 is 1.84 bits per heavy atom. The number of carbonyl (C=O) groups is 1. The molecule has 7 nitrogen and oxygen atoms in total. The standard InChI is InChI=1S/C23H32N2O5S/c1-5-6-13-30-20-10-9-19(15-21(20)29-4)16-24-23(26)11-12-25-31(27,28)22-14-17(2)7-8-18(22)3/h7-10,14-15,25H,5-6,11-13,16H2,1-4H3,(H,24,26). The van der Waals surface area contributed by atoms with Crippen LogP contribution in [0.2, 0.25) is 0 Å². The topological polar surface area (TPSA) is 93.7 Å². The molecule has 0 bridgehead atoms. The number of unbranched alkanes of at least 4 members (excludes halogenated alkanes) is 1. The summed E-state index contributed by atoms with van der Waals surface area (Å²) in [6.45, 7) is 6.64. The number of hydrogen-bond acceptors (Lipinski definition) is 5. The SMILES string of the molecule is CCCCOc1ccc(CNC(=O)CCNS(=O)(=O)c2cc(C)ccc2C)cc1OC. The van der Waals surface area contributed by atoms with Crippen molar-refractivity contribution in [3.8, 4) is 11.5 Å². The van der Waals surface area contributed by atoms with Crippen LogP contribution in [-0.4, -0.2) is 34.6 Å².